The first-order valence-corrected chi connectivity index (χ1v) is 8.58. The first kappa shape index (κ1) is 16.8. The lowest BCUT2D eigenvalue weighted by Gasteiger charge is -2.29. The maximum Gasteiger partial charge on any atom is 0.163 e. The number of nitrogens with one attached hydrogen (secondary N) is 1. The van der Waals surface area contributed by atoms with Crippen LogP contribution in [0.15, 0.2) is 43.1 Å². The summed E-state index contributed by atoms with van der Waals surface area (Å²) in [5.41, 5.74) is 2.30. The van der Waals surface area contributed by atoms with Crippen LogP contribution >= 0.6 is 0 Å². The second-order valence-corrected chi connectivity index (χ2v) is 6.48. The van der Waals surface area contributed by atoms with E-state index in [-0.39, 0.29) is 12.4 Å². The summed E-state index contributed by atoms with van der Waals surface area (Å²) < 4.78 is 0. The Morgan fingerprint density at radius 1 is 1.42 bits per heavy atom. The molecule has 2 aromatic rings. The van der Waals surface area contributed by atoms with E-state index in [0.717, 1.165) is 42.4 Å². The Hall–Kier alpha value is -2.04. The molecule has 4 heteroatoms. The van der Waals surface area contributed by atoms with Gasteiger partial charge in [-0.05, 0) is 55.0 Å². The van der Waals surface area contributed by atoms with Crippen molar-refractivity contribution in [1.82, 2.24) is 10.3 Å². The number of fused-ring (bicyclic) bond motifs is 1. The van der Waals surface area contributed by atoms with Gasteiger partial charge in [0.25, 0.3) is 0 Å². The van der Waals surface area contributed by atoms with Crippen molar-refractivity contribution in [3.63, 3.8) is 0 Å². The summed E-state index contributed by atoms with van der Waals surface area (Å²) in [7, 11) is 0. The smallest absolute Gasteiger partial charge is 0.163 e. The molecule has 1 unspecified atom stereocenters. The zero-order valence-corrected chi connectivity index (χ0v) is 13.9. The molecule has 0 aliphatic carbocycles. The zero-order valence-electron chi connectivity index (χ0n) is 13.9. The van der Waals surface area contributed by atoms with Gasteiger partial charge in [-0.1, -0.05) is 12.1 Å². The van der Waals surface area contributed by atoms with E-state index in [9.17, 15) is 9.90 Å². The fourth-order valence-electron chi connectivity index (χ4n) is 3.56. The summed E-state index contributed by atoms with van der Waals surface area (Å²) in [5.74, 6) is 1.12. The number of pyridine rings is 1. The van der Waals surface area contributed by atoms with Crippen LogP contribution in [0.1, 0.15) is 35.2 Å². The number of Topliss-reactive ketones (excluding diaryl/α,β-unsaturated/α-hetero) is 1. The Balaban J connectivity index is 1.77. The Labute approximate surface area is 142 Å². The summed E-state index contributed by atoms with van der Waals surface area (Å²) in [6.07, 6.45) is 6.22. The van der Waals surface area contributed by atoms with E-state index in [1.54, 1.807) is 12.3 Å². The molecule has 1 aliphatic rings. The molecule has 1 aromatic heterocycles. The summed E-state index contributed by atoms with van der Waals surface area (Å²) in [4.78, 5) is 17.1. The highest BCUT2D eigenvalue weighted by molar-refractivity contribution is 6.07. The van der Waals surface area contributed by atoms with Crippen LogP contribution in [0.25, 0.3) is 10.9 Å². The lowest BCUT2D eigenvalue weighted by molar-refractivity contribution is 0.0968. The molecule has 2 N–H and O–H groups in total. The number of aromatic nitrogens is 1. The van der Waals surface area contributed by atoms with E-state index in [1.165, 1.54) is 0 Å². The zero-order chi connectivity index (χ0) is 16.9. The van der Waals surface area contributed by atoms with E-state index in [4.69, 9.17) is 0 Å². The summed E-state index contributed by atoms with van der Waals surface area (Å²) in [6, 6.07) is 7.36. The number of carbonyl (C=O) groups is 1. The van der Waals surface area contributed by atoms with Crippen molar-refractivity contribution in [1.29, 1.82) is 0 Å². The van der Waals surface area contributed by atoms with Gasteiger partial charge in [0.15, 0.2) is 5.78 Å². The molecule has 0 spiro atoms. The highest BCUT2D eigenvalue weighted by Crippen LogP contribution is 2.27. The number of rotatable bonds is 6. The average molecular weight is 324 g/mol. The number of ketones is 1. The van der Waals surface area contributed by atoms with Crippen LogP contribution in [-0.4, -0.2) is 29.0 Å². The van der Waals surface area contributed by atoms with Crippen LogP contribution in [0.2, 0.25) is 0 Å². The van der Waals surface area contributed by atoms with Gasteiger partial charge in [0.05, 0.1) is 12.1 Å². The highest BCUT2D eigenvalue weighted by Gasteiger charge is 2.23. The van der Waals surface area contributed by atoms with E-state index in [0.29, 0.717) is 23.8 Å². The number of benzene rings is 1. The third-order valence-electron chi connectivity index (χ3n) is 5.01. The standard InChI is InChI=1S/C20H24N2O2/c1-2-15-12-21-9-7-16(15)4-6-20(24)17-8-10-22-19-5-3-14(13-23)11-18(17)19/h2-3,5,8,10-11,15-16,21,23H,1,4,6-7,9,12-13H2/t15-,16?/m0/s1. The lowest BCUT2D eigenvalue weighted by Crippen LogP contribution is -2.35. The normalized spacial score (nSPS) is 20.9. The van der Waals surface area contributed by atoms with Gasteiger partial charge in [0.2, 0.25) is 0 Å². The van der Waals surface area contributed by atoms with E-state index in [1.807, 2.05) is 24.3 Å². The van der Waals surface area contributed by atoms with Crippen molar-refractivity contribution >= 4 is 16.7 Å². The molecule has 126 valence electrons. The van der Waals surface area contributed by atoms with Crippen molar-refractivity contribution in [2.24, 2.45) is 11.8 Å². The molecule has 1 aromatic carbocycles. The lowest BCUT2D eigenvalue weighted by atomic mass is 9.82. The molecule has 2 heterocycles. The van der Waals surface area contributed by atoms with Gasteiger partial charge < -0.3 is 10.4 Å². The van der Waals surface area contributed by atoms with Crippen molar-refractivity contribution in [3.05, 3.63) is 54.2 Å². The third kappa shape index (κ3) is 3.55. The molecule has 3 rings (SSSR count). The number of aliphatic hydroxyl groups excluding tert-OH is 1. The third-order valence-corrected chi connectivity index (χ3v) is 5.01. The summed E-state index contributed by atoms with van der Waals surface area (Å²) >= 11 is 0. The Morgan fingerprint density at radius 3 is 3.08 bits per heavy atom. The topological polar surface area (TPSA) is 62.2 Å². The van der Waals surface area contributed by atoms with E-state index >= 15 is 0 Å². The predicted molar refractivity (Wildman–Crippen MR) is 95.9 cm³/mol. The van der Waals surface area contributed by atoms with Gasteiger partial charge in [0, 0.05) is 30.1 Å². The summed E-state index contributed by atoms with van der Waals surface area (Å²) in [6.45, 7) is 5.86. The Kier molecular flexibility index (Phi) is 5.38. The number of nitrogens with zero attached hydrogens (tertiary/aromatic N) is 1. The van der Waals surface area contributed by atoms with Crippen LogP contribution in [0, 0.1) is 11.8 Å². The molecule has 1 saturated heterocycles. The molecular weight excluding hydrogens is 300 g/mol. The molecule has 2 atom stereocenters. The molecule has 0 amide bonds. The molecule has 24 heavy (non-hydrogen) atoms. The van der Waals surface area contributed by atoms with Crippen molar-refractivity contribution in [2.75, 3.05) is 13.1 Å². The van der Waals surface area contributed by atoms with E-state index < -0.39 is 0 Å². The van der Waals surface area contributed by atoms with Crippen molar-refractivity contribution in [3.8, 4) is 0 Å². The van der Waals surface area contributed by atoms with Gasteiger partial charge in [-0.15, -0.1) is 6.58 Å². The quantitative estimate of drug-likeness (QED) is 0.633. The predicted octanol–water partition coefficient (Wildman–Crippen LogP) is 3.10. The van der Waals surface area contributed by atoms with E-state index in [2.05, 4.69) is 16.9 Å². The molecule has 0 saturated carbocycles. The van der Waals surface area contributed by atoms with Crippen molar-refractivity contribution in [2.45, 2.75) is 25.9 Å². The number of aliphatic hydroxyl groups is 1. The van der Waals surface area contributed by atoms with Gasteiger partial charge in [-0.2, -0.15) is 0 Å². The van der Waals surface area contributed by atoms with Crippen LogP contribution < -0.4 is 5.32 Å². The molecule has 0 radical (unpaired) electrons. The second kappa shape index (κ2) is 7.69. The maximum atomic E-state index is 12.8. The molecular formula is C20H24N2O2. The van der Waals surface area contributed by atoms with Crippen molar-refractivity contribution < 1.29 is 9.90 Å². The number of hydrogen-bond acceptors (Lipinski definition) is 4. The fraction of sp³-hybridized carbons (Fsp3) is 0.400. The van der Waals surface area contributed by atoms with Crippen LogP contribution in [0.5, 0.6) is 0 Å². The fourth-order valence-corrected chi connectivity index (χ4v) is 3.56. The summed E-state index contributed by atoms with van der Waals surface area (Å²) in [5, 5.41) is 13.6. The van der Waals surface area contributed by atoms with Crippen LogP contribution in [0.3, 0.4) is 0 Å². The minimum atomic E-state index is -0.0332. The Bertz CT molecular complexity index is 741. The Morgan fingerprint density at radius 2 is 2.29 bits per heavy atom. The van der Waals surface area contributed by atoms with Gasteiger partial charge >= 0.3 is 0 Å². The minimum absolute atomic E-state index is 0.0332. The van der Waals surface area contributed by atoms with Crippen LogP contribution in [-0.2, 0) is 6.61 Å². The van der Waals surface area contributed by atoms with Gasteiger partial charge in [0.1, 0.15) is 0 Å². The first-order chi connectivity index (χ1) is 11.7. The SMILES string of the molecule is C=C[C@H]1CNCCC1CCC(=O)c1ccnc2ccc(CO)cc12. The second-order valence-electron chi connectivity index (χ2n) is 6.48. The monoisotopic (exact) mass is 324 g/mol. The van der Waals surface area contributed by atoms with Crippen LogP contribution in [0.4, 0.5) is 0 Å². The molecule has 4 nitrogen and oxygen atoms in total. The highest BCUT2D eigenvalue weighted by atomic mass is 16.3. The number of carbonyl (C=O) groups excluding carboxylic acids is 1. The van der Waals surface area contributed by atoms with Gasteiger partial charge in [-0.3, -0.25) is 9.78 Å². The molecule has 1 aliphatic heterocycles. The number of piperidine rings is 1. The average Bonchev–Trinajstić information content (AvgIpc) is 2.65. The largest absolute Gasteiger partial charge is 0.392 e. The molecule has 1 fully saturated rings. The number of hydrogen-bond donors (Lipinski definition) is 2. The molecule has 0 bridgehead atoms. The van der Waals surface area contributed by atoms with Gasteiger partial charge in [-0.25, -0.2) is 0 Å². The first-order valence-electron chi connectivity index (χ1n) is 8.58. The maximum absolute atomic E-state index is 12.8. The minimum Gasteiger partial charge on any atom is -0.392 e.